The number of pyridine rings is 1. The molecule has 1 heterocycles. The first kappa shape index (κ1) is 20.8. The molecule has 0 saturated heterocycles. The largest absolute Gasteiger partial charge is 0.449 e. The van der Waals surface area contributed by atoms with Crippen LogP contribution in [-0.2, 0) is 17.7 Å². The van der Waals surface area contributed by atoms with Crippen LogP contribution in [0.5, 0.6) is 0 Å². The van der Waals surface area contributed by atoms with Crippen LogP contribution in [0.1, 0.15) is 19.4 Å². The maximum Gasteiger partial charge on any atom is 0.427 e. The van der Waals surface area contributed by atoms with Crippen molar-refractivity contribution in [2.45, 2.75) is 26.8 Å². The molecule has 0 aliphatic carbocycles. The molecule has 27 heavy (non-hydrogen) atoms. The average molecular weight is 442 g/mol. The minimum absolute atomic E-state index is 0.119. The number of nitrogens with one attached hydrogen (secondary N) is 1. The zero-order valence-electron chi connectivity index (χ0n) is 14.8. The molecule has 2 aromatic rings. The summed E-state index contributed by atoms with van der Waals surface area (Å²) in [7, 11) is 0. The molecule has 1 N–H and O–H groups in total. The molecule has 1 aromatic carbocycles. The Hall–Kier alpha value is -2.55. The molecular formula is C18H18BrF2N3O3. The van der Waals surface area contributed by atoms with Crippen LogP contribution in [0.15, 0.2) is 38.6 Å². The summed E-state index contributed by atoms with van der Waals surface area (Å²) in [5, 5.41) is 3.73. The van der Waals surface area contributed by atoms with E-state index in [1.807, 2.05) is 0 Å². The average Bonchev–Trinajstić information content (AvgIpc) is 2.62. The molecule has 0 bridgehead atoms. The lowest BCUT2D eigenvalue weighted by molar-refractivity contribution is 0.152. The molecule has 0 spiro atoms. The van der Waals surface area contributed by atoms with Gasteiger partial charge in [0.1, 0.15) is 11.6 Å². The molecular weight excluding hydrogens is 424 g/mol. The normalized spacial score (nSPS) is 11.0. The van der Waals surface area contributed by atoms with Gasteiger partial charge >= 0.3 is 6.09 Å². The van der Waals surface area contributed by atoms with Gasteiger partial charge in [0.25, 0.3) is 5.56 Å². The number of hydrogen-bond donors (Lipinski definition) is 1. The van der Waals surface area contributed by atoms with Crippen molar-refractivity contribution in [3.8, 4) is 11.3 Å². The second-order valence-electron chi connectivity index (χ2n) is 5.36. The van der Waals surface area contributed by atoms with Gasteiger partial charge in [0.2, 0.25) is 0 Å². The summed E-state index contributed by atoms with van der Waals surface area (Å²) in [5.41, 5.74) is 2.07. The zero-order valence-corrected chi connectivity index (χ0v) is 16.3. The van der Waals surface area contributed by atoms with E-state index in [0.29, 0.717) is 5.56 Å². The summed E-state index contributed by atoms with van der Waals surface area (Å²) < 4.78 is 35.0. The Morgan fingerprint density at radius 1 is 1.33 bits per heavy atom. The number of nitrogens with zero attached hydrogens (tertiary/aromatic N) is 2. The molecule has 6 nitrogen and oxygen atoms in total. The SMILES string of the molecule is CCOC(=O)NN=CCc1cc(Br)c(=O)n(CC)c1-c1c(F)cccc1F. The van der Waals surface area contributed by atoms with E-state index in [1.165, 1.54) is 22.9 Å². The van der Waals surface area contributed by atoms with E-state index >= 15 is 0 Å². The van der Waals surface area contributed by atoms with Gasteiger partial charge in [-0.05, 0) is 53.5 Å². The van der Waals surface area contributed by atoms with E-state index in [9.17, 15) is 18.4 Å². The van der Waals surface area contributed by atoms with Crippen LogP contribution in [0.25, 0.3) is 11.3 Å². The predicted molar refractivity (Wildman–Crippen MR) is 102 cm³/mol. The molecule has 2 rings (SSSR count). The number of carbonyl (C=O) groups excluding carboxylic acids is 1. The standard InChI is InChI=1S/C18H18BrF2N3O3/c1-3-24-16(15-13(20)6-5-7-14(15)21)11(10-12(19)17(24)25)8-9-22-23-18(26)27-4-2/h5-7,9-10H,3-4,8H2,1-2H3,(H,23,26). The van der Waals surface area contributed by atoms with Crippen LogP contribution in [0, 0.1) is 11.6 Å². The van der Waals surface area contributed by atoms with E-state index in [0.717, 1.165) is 12.1 Å². The van der Waals surface area contributed by atoms with E-state index in [-0.39, 0.29) is 35.3 Å². The summed E-state index contributed by atoms with van der Waals surface area (Å²) in [4.78, 5) is 23.7. The van der Waals surface area contributed by atoms with Crippen LogP contribution in [-0.4, -0.2) is 23.5 Å². The molecule has 1 aromatic heterocycles. The van der Waals surface area contributed by atoms with Gasteiger partial charge in [-0.25, -0.2) is 19.0 Å². The van der Waals surface area contributed by atoms with Crippen LogP contribution >= 0.6 is 15.9 Å². The predicted octanol–water partition coefficient (Wildman–Crippen LogP) is 3.85. The fraction of sp³-hybridized carbons (Fsp3) is 0.278. The fourth-order valence-electron chi connectivity index (χ4n) is 2.57. The summed E-state index contributed by atoms with van der Waals surface area (Å²) in [6.45, 7) is 3.78. The van der Waals surface area contributed by atoms with Crippen molar-refractivity contribution in [3.05, 3.63) is 56.3 Å². The topological polar surface area (TPSA) is 72.7 Å². The van der Waals surface area contributed by atoms with Crippen LogP contribution < -0.4 is 11.0 Å². The number of aromatic nitrogens is 1. The van der Waals surface area contributed by atoms with Gasteiger partial charge in [0, 0.05) is 19.2 Å². The summed E-state index contributed by atoms with van der Waals surface area (Å²) in [6, 6.07) is 5.01. The molecule has 1 amide bonds. The van der Waals surface area contributed by atoms with Crippen molar-refractivity contribution in [3.63, 3.8) is 0 Å². The number of hydrazone groups is 1. The van der Waals surface area contributed by atoms with Crippen molar-refractivity contribution in [2.24, 2.45) is 5.10 Å². The van der Waals surface area contributed by atoms with E-state index in [2.05, 4.69) is 31.2 Å². The first-order chi connectivity index (χ1) is 12.9. The molecule has 0 aliphatic heterocycles. The maximum absolute atomic E-state index is 14.4. The lowest BCUT2D eigenvalue weighted by Gasteiger charge is -2.17. The number of amides is 1. The molecule has 9 heteroatoms. The number of halogens is 3. The summed E-state index contributed by atoms with van der Waals surface area (Å²) in [6.07, 6.45) is 0.758. The van der Waals surface area contributed by atoms with Crippen molar-refractivity contribution < 1.29 is 18.3 Å². The second-order valence-corrected chi connectivity index (χ2v) is 6.21. The van der Waals surface area contributed by atoms with Gasteiger partial charge < -0.3 is 9.30 Å². The van der Waals surface area contributed by atoms with Gasteiger partial charge in [-0.2, -0.15) is 5.10 Å². The number of hydrogen-bond acceptors (Lipinski definition) is 4. The fourth-order valence-corrected chi connectivity index (χ4v) is 3.06. The molecule has 0 radical (unpaired) electrons. The lowest BCUT2D eigenvalue weighted by atomic mass is 10.0. The Bertz CT molecular complexity index is 909. The number of benzene rings is 1. The maximum atomic E-state index is 14.4. The third kappa shape index (κ3) is 4.79. The van der Waals surface area contributed by atoms with Crippen LogP contribution in [0.4, 0.5) is 13.6 Å². The third-order valence-corrected chi connectivity index (χ3v) is 4.24. The summed E-state index contributed by atoms with van der Waals surface area (Å²) in [5.74, 6) is -1.55. The zero-order chi connectivity index (χ0) is 20.0. The highest BCUT2D eigenvalue weighted by Crippen LogP contribution is 2.29. The lowest BCUT2D eigenvalue weighted by Crippen LogP contribution is -2.24. The Labute approximate surface area is 163 Å². The molecule has 0 unspecified atom stereocenters. The molecule has 144 valence electrons. The van der Waals surface area contributed by atoms with Gasteiger partial charge in [-0.3, -0.25) is 4.79 Å². The Morgan fingerprint density at radius 2 is 2.00 bits per heavy atom. The Balaban J connectivity index is 2.51. The number of ether oxygens (including phenoxy) is 1. The number of carbonyl (C=O) groups is 1. The van der Waals surface area contributed by atoms with E-state index in [1.54, 1.807) is 13.8 Å². The highest BCUT2D eigenvalue weighted by Gasteiger charge is 2.20. The smallest absolute Gasteiger partial charge is 0.427 e. The highest BCUT2D eigenvalue weighted by molar-refractivity contribution is 9.10. The minimum Gasteiger partial charge on any atom is -0.449 e. The van der Waals surface area contributed by atoms with Crippen LogP contribution in [0.3, 0.4) is 0 Å². The van der Waals surface area contributed by atoms with E-state index in [4.69, 9.17) is 0 Å². The van der Waals surface area contributed by atoms with Crippen LogP contribution in [0.2, 0.25) is 0 Å². The molecule has 0 fully saturated rings. The Morgan fingerprint density at radius 3 is 2.59 bits per heavy atom. The van der Waals surface area contributed by atoms with Gasteiger partial charge in [0.15, 0.2) is 0 Å². The quantitative estimate of drug-likeness (QED) is 0.546. The second kappa shape index (κ2) is 9.40. The number of rotatable bonds is 6. The van der Waals surface area contributed by atoms with Gasteiger partial charge in [-0.15, -0.1) is 0 Å². The Kier molecular flexibility index (Phi) is 7.23. The molecule has 0 aliphatic rings. The minimum atomic E-state index is -0.776. The third-order valence-electron chi connectivity index (χ3n) is 3.67. The van der Waals surface area contributed by atoms with Gasteiger partial charge in [0.05, 0.1) is 22.3 Å². The monoisotopic (exact) mass is 441 g/mol. The summed E-state index contributed by atoms with van der Waals surface area (Å²) >= 11 is 3.18. The molecule has 0 atom stereocenters. The molecule has 0 saturated carbocycles. The first-order valence-electron chi connectivity index (χ1n) is 8.21. The van der Waals surface area contributed by atoms with Crippen molar-refractivity contribution in [2.75, 3.05) is 6.61 Å². The van der Waals surface area contributed by atoms with Crippen molar-refractivity contribution in [1.29, 1.82) is 0 Å². The highest BCUT2D eigenvalue weighted by atomic mass is 79.9. The van der Waals surface area contributed by atoms with Crippen molar-refractivity contribution >= 4 is 28.2 Å². The first-order valence-corrected chi connectivity index (χ1v) is 9.00. The van der Waals surface area contributed by atoms with E-state index < -0.39 is 23.3 Å². The van der Waals surface area contributed by atoms with Crippen molar-refractivity contribution in [1.82, 2.24) is 9.99 Å². The van der Waals surface area contributed by atoms with Gasteiger partial charge in [-0.1, -0.05) is 6.07 Å².